The number of primary amides is 1. The van der Waals surface area contributed by atoms with E-state index in [1.807, 2.05) is 0 Å². The molecule has 2 aromatic heterocycles. The van der Waals surface area contributed by atoms with Crippen molar-refractivity contribution in [1.29, 1.82) is 0 Å². The van der Waals surface area contributed by atoms with Gasteiger partial charge in [0.05, 0.1) is 25.4 Å². The molecule has 0 bridgehead atoms. The summed E-state index contributed by atoms with van der Waals surface area (Å²) < 4.78 is 57.5. The van der Waals surface area contributed by atoms with Gasteiger partial charge >= 0.3 is 6.36 Å². The largest absolute Gasteiger partial charge is 0.573 e. The summed E-state index contributed by atoms with van der Waals surface area (Å²) in [6.07, 6.45) is -3.75. The summed E-state index contributed by atoms with van der Waals surface area (Å²) in [4.78, 5) is 23.1. The maximum absolute atomic E-state index is 14.2. The van der Waals surface area contributed by atoms with Gasteiger partial charge in [-0.1, -0.05) is 22.6 Å². The van der Waals surface area contributed by atoms with E-state index in [2.05, 4.69) is 30.7 Å². The smallest absolute Gasteiger partial charge is 0.406 e. The normalized spacial score (nSPS) is 12.4. The molecule has 176 valence electrons. The standard InChI is InChI=1S/C18H18F4N8O3/c19-12(4-5-29-9-14(17(23)32)25-27-29)8-30-10-15(26-28-30)24-16(31)7-11-2-1-3-13(6-11)33-18(20,21)22/h1-3,6,9-10,12H,4-5,7-8H2,(H2,23,32)(H,24,31). The second-order valence-corrected chi connectivity index (χ2v) is 6.86. The molecular formula is C18H18F4N8O3. The molecule has 15 heteroatoms. The fourth-order valence-electron chi connectivity index (χ4n) is 2.76. The summed E-state index contributed by atoms with van der Waals surface area (Å²) in [5.74, 6) is -1.68. The number of hydrogen-bond acceptors (Lipinski definition) is 7. The van der Waals surface area contributed by atoms with Crippen molar-refractivity contribution in [1.82, 2.24) is 30.0 Å². The number of nitrogens with one attached hydrogen (secondary N) is 1. The first-order valence-electron chi connectivity index (χ1n) is 9.46. The monoisotopic (exact) mass is 470 g/mol. The average molecular weight is 470 g/mol. The van der Waals surface area contributed by atoms with Gasteiger partial charge in [0.25, 0.3) is 5.91 Å². The van der Waals surface area contributed by atoms with Crippen LogP contribution in [-0.2, 0) is 24.3 Å². The number of carbonyl (C=O) groups is 2. The van der Waals surface area contributed by atoms with Gasteiger partial charge in [-0.3, -0.25) is 14.3 Å². The van der Waals surface area contributed by atoms with Crippen molar-refractivity contribution in [2.45, 2.75) is 38.5 Å². The van der Waals surface area contributed by atoms with Crippen LogP contribution in [0.3, 0.4) is 0 Å². The van der Waals surface area contributed by atoms with E-state index >= 15 is 0 Å². The number of nitrogens with zero attached hydrogens (tertiary/aromatic N) is 6. The van der Waals surface area contributed by atoms with E-state index in [1.165, 1.54) is 33.9 Å². The fourth-order valence-corrected chi connectivity index (χ4v) is 2.76. The maximum atomic E-state index is 14.2. The lowest BCUT2D eigenvalue weighted by atomic mass is 10.1. The van der Waals surface area contributed by atoms with Gasteiger partial charge in [-0.2, -0.15) is 0 Å². The number of rotatable bonds is 10. The number of ether oxygens (including phenoxy) is 1. The summed E-state index contributed by atoms with van der Waals surface area (Å²) in [6.45, 7) is -0.00603. The highest BCUT2D eigenvalue weighted by molar-refractivity contribution is 5.91. The molecular weight excluding hydrogens is 452 g/mol. The molecule has 0 radical (unpaired) electrons. The Morgan fingerprint density at radius 2 is 1.91 bits per heavy atom. The molecule has 2 amide bonds. The van der Waals surface area contributed by atoms with E-state index in [0.717, 1.165) is 12.1 Å². The summed E-state index contributed by atoms with van der Waals surface area (Å²) in [5, 5.41) is 17.1. The first-order valence-corrected chi connectivity index (χ1v) is 9.46. The van der Waals surface area contributed by atoms with Gasteiger partial charge in [0, 0.05) is 13.0 Å². The predicted molar refractivity (Wildman–Crippen MR) is 104 cm³/mol. The van der Waals surface area contributed by atoms with E-state index in [4.69, 9.17) is 5.73 Å². The predicted octanol–water partition coefficient (Wildman–Crippen LogP) is 1.48. The number of carbonyl (C=O) groups excluding carboxylic acids is 2. The Kier molecular flexibility index (Phi) is 7.20. The van der Waals surface area contributed by atoms with Gasteiger partial charge in [-0.15, -0.1) is 23.4 Å². The molecule has 0 spiro atoms. The quantitative estimate of drug-likeness (QED) is 0.427. The zero-order chi connectivity index (χ0) is 24.0. The molecule has 11 nitrogen and oxygen atoms in total. The van der Waals surface area contributed by atoms with Gasteiger partial charge in [-0.25, -0.2) is 9.07 Å². The van der Waals surface area contributed by atoms with Gasteiger partial charge < -0.3 is 15.8 Å². The molecule has 0 fully saturated rings. The van der Waals surface area contributed by atoms with E-state index < -0.39 is 30.1 Å². The third-order valence-corrected chi connectivity index (χ3v) is 4.15. The number of nitrogens with two attached hydrogens (primary N) is 1. The average Bonchev–Trinajstić information content (AvgIpc) is 3.35. The first kappa shape index (κ1) is 23.6. The molecule has 1 unspecified atom stereocenters. The third kappa shape index (κ3) is 7.55. The van der Waals surface area contributed by atoms with E-state index in [9.17, 15) is 27.2 Å². The molecule has 3 rings (SSSR count). The molecule has 3 N–H and O–H groups in total. The van der Waals surface area contributed by atoms with Crippen LogP contribution in [0.4, 0.5) is 23.4 Å². The highest BCUT2D eigenvalue weighted by Gasteiger charge is 2.31. The molecule has 0 saturated heterocycles. The van der Waals surface area contributed by atoms with Crippen molar-refractivity contribution in [2.24, 2.45) is 5.73 Å². The molecule has 0 saturated carbocycles. The Labute approximate surface area is 183 Å². The Morgan fingerprint density at radius 3 is 2.61 bits per heavy atom. The number of aromatic nitrogens is 6. The minimum atomic E-state index is -4.84. The third-order valence-electron chi connectivity index (χ3n) is 4.15. The lowest BCUT2D eigenvalue weighted by Crippen LogP contribution is -2.18. The Bertz CT molecular complexity index is 1110. The van der Waals surface area contributed by atoms with E-state index in [1.54, 1.807) is 0 Å². The van der Waals surface area contributed by atoms with Gasteiger partial charge in [0.2, 0.25) is 5.91 Å². The topological polar surface area (TPSA) is 143 Å². The summed E-state index contributed by atoms with van der Waals surface area (Å²) >= 11 is 0. The van der Waals surface area contributed by atoms with Crippen LogP contribution in [0.25, 0.3) is 0 Å². The summed E-state index contributed by atoms with van der Waals surface area (Å²) in [6, 6.07) is 5.01. The molecule has 0 aliphatic heterocycles. The van der Waals surface area contributed by atoms with Crippen molar-refractivity contribution in [3.05, 3.63) is 47.9 Å². The number of benzene rings is 1. The summed E-state index contributed by atoms with van der Waals surface area (Å²) in [5.41, 5.74) is 5.33. The number of aryl methyl sites for hydroxylation is 1. The Morgan fingerprint density at radius 1 is 1.15 bits per heavy atom. The number of alkyl halides is 4. The fraction of sp³-hybridized carbons (Fsp3) is 0.333. The molecule has 0 aliphatic carbocycles. The van der Waals surface area contributed by atoms with Gasteiger partial charge in [-0.05, 0) is 17.7 Å². The zero-order valence-corrected chi connectivity index (χ0v) is 16.9. The van der Waals surface area contributed by atoms with E-state index in [-0.39, 0.29) is 43.0 Å². The van der Waals surface area contributed by atoms with Gasteiger partial charge in [0.1, 0.15) is 11.9 Å². The number of amides is 2. The second-order valence-electron chi connectivity index (χ2n) is 6.86. The van der Waals surface area contributed by atoms with Crippen LogP contribution in [0.5, 0.6) is 5.75 Å². The number of halogens is 4. The van der Waals surface area contributed by atoms with Crippen LogP contribution < -0.4 is 15.8 Å². The number of anilines is 1. The van der Waals surface area contributed by atoms with Crippen molar-refractivity contribution < 1.29 is 31.9 Å². The molecule has 1 aromatic carbocycles. The highest BCUT2D eigenvalue weighted by Crippen LogP contribution is 2.23. The van der Waals surface area contributed by atoms with Crippen LogP contribution in [0.15, 0.2) is 36.7 Å². The van der Waals surface area contributed by atoms with Gasteiger partial charge in [0.15, 0.2) is 11.5 Å². The summed E-state index contributed by atoms with van der Waals surface area (Å²) in [7, 11) is 0. The lowest BCUT2D eigenvalue weighted by molar-refractivity contribution is -0.274. The van der Waals surface area contributed by atoms with Crippen molar-refractivity contribution >= 4 is 17.6 Å². The van der Waals surface area contributed by atoms with Crippen molar-refractivity contribution in [2.75, 3.05) is 5.32 Å². The maximum Gasteiger partial charge on any atom is 0.573 e. The molecule has 1 atom stereocenters. The SMILES string of the molecule is NC(=O)c1cn(CCC(F)Cn2cc(NC(=O)Cc3cccc(OC(F)(F)F)c3)nn2)nn1. The zero-order valence-electron chi connectivity index (χ0n) is 16.9. The highest BCUT2D eigenvalue weighted by atomic mass is 19.4. The molecule has 3 aromatic rings. The Balaban J connectivity index is 1.47. The minimum Gasteiger partial charge on any atom is -0.406 e. The van der Waals surface area contributed by atoms with Crippen LogP contribution in [-0.4, -0.2) is 54.3 Å². The van der Waals surface area contributed by atoms with Crippen LogP contribution in [0.1, 0.15) is 22.5 Å². The first-order chi connectivity index (χ1) is 15.6. The second kappa shape index (κ2) is 10.1. The minimum absolute atomic E-state index is 0.0262. The van der Waals surface area contributed by atoms with E-state index in [0.29, 0.717) is 0 Å². The number of hydrogen-bond donors (Lipinski definition) is 2. The van der Waals surface area contributed by atoms with Crippen LogP contribution in [0, 0.1) is 0 Å². The van der Waals surface area contributed by atoms with Crippen LogP contribution >= 0.6 is 0 Å². The molecule has 2 heterocycles. The molecule has 33 heavy (non-hydrogen) atoms. The van der Waals surface area contributed by atoms with Crippen LogP contribution in [0.2, 0.25) is 0 Å². The lowest BCUT2D eigenvalue weighted by Gasteiger charge is -2.09. The van der Waals surface area contributed by atoms with Crippen molar-refractivity contribution in [3.63, 3.8) is 0 Å². The van der Waals surface area contributed by atoms with Crippen molar-refractivity contribution in [3.8, 4) is 5.75 Å². The Hall–Kier alpha value is -4.04. The molecule has 0 aliphatic rings.